The number of nitrogens with zero attached hydrogens (tertiary/aromatic N) is 2. The van der Waals surface area contributed by atoms with E-state index in [1.54, 1.807) is 11.9 Å². The lowest BCUT2D eigenvalue weighted by Crippen LogP contribution is -2.33. The largest absolute Gasteiger partial charge is 0.482 e. The Balaban J connectivity index is 2.54. The second-order valence-corrected chi connectivity index (χ2v) is 4.50. The first kappa shape index (κ1) is 15.4. The third-order valence-corrected chi connectivity index (χ3v) is 2.88. The van der Waals surface area contributed by atoms with Crippen LogP contribution in [-0.4, -0.2) is 42.5 Å². The first-order valence-corrected chi connectivity index (χ1v) is 6.61. The van der Waals surface area contributed by atoms with Gasteiger partial charge in [0.1, 0.15) is 5.75 Å². The van der Waals surface area contributed by atoms with E-state index in [4.69, 9.17) is 10.5 Å². The molecule has 1 aromatic rings. The predicted molar refractivity (Wildman–Crippen MR) is 75.2 cm³/mol. The van der Waals surface area contributed by atoms with Crippen LogP contribution in [-0.2, 0) is 11.2 Å². The smallest absolute Gasteiger partial charge is 0.260 e. The van der Waals surface area contributed by atoms with Crippen molar-refractivity contribution in [1.29, 1.82) is 0 Å². The van der Waals surface area contributed by atoms with Crippen LogP contribution in [0.15, 0.2) is 12.1 Å². The lowest BCUT2D eigenvalue weighted by atomic mass is 10.2. The van der Waals surface area contributed by atoms with Crippen LogP contribution in [0.1, 0.15) is 24.7 Å². The van der Waals surface area contributed by atoms with Crippen molar-refractivity contribution in [2.45, 2.75) is 26.7 Å². The fourth-order valence-corrected chi connectivity index (χ4v) is 1.69. The van der Waals surface area contributed by atoms with E-state index >= 15 is 0 Å². The van der Waals surface area contributed by atoms with Gasteiger partial charge in [-0.3, -0.25) is 9.78 Å². The Kier molecular flexibility index (Phi) is 6.29. The van der Waals surface area contributed by atoms with Gasteiger partial charge >= 0.3 is 0 Å². The molecule has 0 aromatic carbocycles. The van der Waals surface area contributed by atoms with Crippen molar-refractivity contribution in [2.75, 3.05) is 26.7 Å². The van der Waals surface area contributed by atoms with Gasteiger partial charge in [0, 0.05) is 19.3 Å². The number of rotatable bonds is 7. The normalized spacial score (nSPS) is 10.3. The van der Waals surface area contributed by atoms with Crippen molar-refractivity contribution >= 4 is 5.91 Å². The molecule has 0 atom stereocenters. The van der Waals surface area contributed by atoms with Crippen molar-refractivity contribution in [3.63, 3.8) is 0 Å². The van der Waals surface area contributed by atoms with Crippen LogP contribution in [0, 0.1) is 6.92 Å². The van der Waals surface area contributed by atoms with Crippen LogP contribution in [0.3, 0.4) is 0 Å². The molecular weight excluding hydrogens is 242 g/mol. The molecular formula is C14H23N3O2. The third-order valence-electron chi connectivity index (χ3n) is 2.88. The van der Waals surface area contributed by atoms with E-state index in [1.807, 2.05) is 26.0 Å². The van der Waals surface area contributed by atoms with Crippen molar-refractivity contribution in [3.05, 3.63) is 23.5 Å². The van der Waals surface area contributed by atoms with E-state index in [-0.39, 0.29) is 12.5 Å². The quantitative estimate of drug-likeness (QED) is 0.802. The van der Waals surface area contributed by atoms with E-state index in [9.17, 15) is 4.79 Å². The summed E-state index contributed by atoms with van der Waals surface area (Å²) in [6, 6.07) is 3.76. The minimum Gasteiger partial charge on any atom is -0.482 e. The molecule has 0 aliphatic rings. The summed E-state index contributed by atoms with van der Waals surface area (Å²) in [6.07, 6.45) is 1.59. The number of nitrogens with two attached hydrogens (primary N) is 1. The van der Waals surface area contributed by atoms with Gasteiger partial charge in [-0.2, -0.15) is 0 Å². The number of carbonyl (C=O) groups excluding carboxylic acids is 1. The van der Waals surface area contributed by atoms with Gasteiger partial charge < -0.3 is 15.4 Å². The summed E-state index contributed by atoms with van der Waals surface area (Å²) in [7, 11) is 1.76. The molecule has 0 spiro atoms. The maximum absolute atomic E-state index is 11.8. The fourth-order valence-electron chi connectivity index (χ4n) is 1.69. The summed E-state index contributed by atoms with van der Waals surface area (Å²) in [5, 5.41) is 0. The van der Waals surface area contributed by atoms with Gasteiger partial charge in [-0.15, -0.1) is 0 Å². The van der Waals surface area contributed by atoms with E-state index in [1.165, 1.54) is 0 Å². The molecule has 0 unspecified atom stereocenters. The number of aryl methyl sites for hydroxylation is 2. The summed E-state index contributed by atoms with van der Waals surface area (Å²) in [6.45, 7) is 5.24. The Morgan fingerprint density at radius 1 is 1.47 bits per heavy atom. The molecule has 1 heterocycles. The Hall–Kier alpha value is -1.62. The van der Waals surface area contributed by atoms with Crippen LogP contribution in [0.2, 0.25) is 0 Å². The van der Waals surface area contributed by atoms with Crippen molar-refractivity contribution < 1.29 is 9.53 Å². The topological polar surface area (TPSA) is 68.5 Å². The molecule has 2 N–H and O–H groups in total. The monoisotopic (exact) mass is 265 g/mol. The molecule has 0 saturated heterocycles. The second kappa shape index (κ2) is 7.74. The zero-order valence-corrected chi connectivity index (χ0v) is 12.0. The molecule has 106 valence electrons. The van der Waals surface area contributed by atoms with Gasteiger partial charge in [0.25, 0.3) is 5.91 Å². The van der Waals surface area contributed by atoms with Gasteiger partial charge in [-0.25, -0.2) is 0 Å². The number of ether oxygens (including phenoxy) is 1. The second-order valence-electron chi connectivity index (χ2n) is 4.50. The predicted octanol–water partition coefficient (Wildman–Crippen LogP) is 1.14. The highest BCUT2D eigenvalue weighted by Gasteiger charge is 2.11. The average molecular weight is 265 g/mol. The SMILES string of the molecule is CCc1nc(C)ccc1OCC(=O)N(C)CCCN. The average Bonchev–Trinajstić information content (AvgIpc) is 2.42. The minimum atomic E-state index is -0.0453. The number of likely N-dealkylation sites (N-methyl/N-ethyl adjacent to an activating group) is 1. The van der Waals surface area contributed by atoms with Gasteiger partial charge in [-0.1, -0.05) is 6.92 Å². The number of hydrogen-bond acceptors (Lipinski definition) is 4. The Morgan fingerprint density at radius 2 is 2.21 bits per heavy atom. The lowest BCUT2D eigenvalue weighted by Gasteiger charge is -2.17. The number of hydrogen-bond donors (Lipinski definition) is 1. The van der Waals surface area contributed by atoms with E-state index in [2.05, 4.69) is 4.98 Å². The van der Waals surface area contributed by atoms with E-state index in [0.717, 1.165) is 24.2 Å². The Labute approximate surface area is 114 Å². The molecule has 0 aliphatic heterocycles. The van der Waals surface area contributed by atoms with Crippen LogP contribution in [0.5, 0.6) is 5.75 Å². The molecule has 0 aliphatic carbocycles. The highest BCUT2D eigenvalue weighted by atomic mass is 16.5. The van der Waals surface area contributed by atoms with Gasteiger partial charge in [0.05, 0.1) is 5.69 Å². The molecule has 0 bridgehead atoms. The molecule has 0 radical (unpaired) electrons. The van der Waals surface area contributed by atoms with Gasteiger partial charge in [0.2, 0.25) is 0 Å². The number of pyridine rings is 1. The fraction of sp³-hybridized carbons (Fsp3) is 0.571. The summed E-state index contributed by atoms with van der Waals surface area (Å²) >= 11 is 0. The molecule has 0 saturated carbocycles. The van der Waals surface area contributed by atoms with Crippen molar-refractivity contribution in [2.24, 2.45) is 5.73 Å². The van der Waals surface area contributed by atoms with Crippen LogP contribution in [0.25, 0.3) is 0 Å². The highest BCUT2D eigenvalue weighted by molar-refractivity contribution is 5.77. The molecule has 5 nitrogen and oxygen atoms in total. The van der Waals surface area contributed by atoms with E-state index < -0.39 is 0 Å². The molecule has 19 heavy (non-hydrogen) atoms. The summed E-state index contributed by atoms with van der Waals surface area (Å²) in [5.74, 6) is 0.643. The zero-order chi connectivity index (χ0) is 14.3. The zero-order valence-electron chi connectivity index (χ0n) is 12.0. The molecule has 1 aromatic heterocycles. The summed E-state index contributed by atoms with van der Waals surface area (Å²) in [5.41, 5.74) is 7.26. The number of aromatic nitrogens is 1. The lowest BCUT2D eigenvalue weighted by molar-refractivity contribution is -0.132. The standard InChI is InChI=1S/C14H23N3O2/c1-4-12-13(7-6-11(2)16-12)19-10-14(18)17(3)9-5-8-15/h6-7H,4-5,8-10,15H2,1-3H3. The Morgan fingerprint density at radius 3 is 2.84 bits per heavy atom. The van der Waals surface area contributed by atoms with Crippen LogP contribution in [0.4, 0.5) is 0 Å². The highest BCUT2D eigenvalue weighted by Crippen LogP contribution is 2.17. The van der Waals surface area contributed by atoms with Crippen molar-refractivity contribution in [3.8, 4) is 5.75 Å². The first-order valence-electron chi connectivity index (χ1n) is 6.61. The number of amides is 1. The summed E-state index contributed by atoms with van der Waals surface area (Å²) < 4.78 is 5.56. The maximum Gasteiger partial charge on any atom is 0.260 e. The molecule has 1 amide bonds. The molecule has 0 fully saturated rings. The van der Waals surface area contributed by atoms with Gasteiger partial charge in [0.15, 0.2) is 6.61 Å². The van der Waals surface area contributed by atoms with E-state index in [0.29, 0.717) is 18.8 Å². The van der Waals surface area contributed by atoms with Crippen LogP contribution < -0.4 is 10.5 Å². The van der Waals surface area contributed by atoms with Gasteiger partial charge in [-0.05, 0) is 38.4 Å². The summed E-state index contributed by atoms with van der Waals surface area (Å²) in [4.78, 5) is 17.9. The maximum atomic E-state index is 11.8. The molecule has 1 rings (SSSR count). The third kappa shape index (κ3) is 4.87. The minimum absolute atomic E-state index is 0.0405. The van der Waals surface area contributed by atoms with Crippen LogP contribution >= 0.6 is 0 Å². The first-order chi connectivity index (χ1) is 9.08. The Bertz CT molecular complexity index is 421. The number of carbonyl (C=O) groups is 1. The van der Waals surface area contributed by atoms with Crippen molar-refractivity contribution in [1.82, 2.24) is 9.88 Å². The molecule has 5 heteroatoms.